The Labute approximate surface area is 242 Å². The van der Waals surface area contributed by atoms with Gasteiger partial charge in [-0.25, -0.2) is 4.98 Å². The molecule has 2 aliphatic rings. The second-order valence-corrected chi connectivity index (χ2v) is 10.6. The number of aromatic nitrogens is 3. The summed E-state index contributed by atoms with van der Waals surface area (Å²) in [6.07, 6.45) is 3.34. The van der Waals surface area contributed by atoms with Gasteiger partial charge >= 0.3 is 5.66 Å². The minimum Gasteiger partial charge on any atom is -0.437 e. The highest BCUT2D eigenvalue weighted by molar-refractivity contribution is 6.09. The van der Waals surface area contributed by atoms with Crippen LogP contribution in [0, 0.1) is 27.6 Å². The van der Waals surface area contributed by atoms with Crippen molar-refractivity contribution in [1.82, 2.24) is 4.98 Å². The van der Waals surface area contributed by atoms with Gasteiger partial charge in [0.25, 0.3) is 0 Å². The highest BCUT2D eigenvalue weighted by Gasteiger charge is 2.67. The van der Waals surface area contributed by atoms with Crippen LogP contribution in [0.3, 0.4) is 0 Å². The minimum absolute atomic E-state index is 0.143. The maximum atomic E-state index is 9.15. The molecule has 2 aromatic carbocycles. The molecule has 0 fully saturated rings. The Morgan fingerprint density at radius 2 is 1.74 bits per heavy atom. The highest BCUT2D eigenvalue weighted by atomic mass is 16.3. The van der Waals surface area contributed by atoms with Crippen LogP contribution in [0.1, 0.15) is 72.4 Å². The van der Waals surface area contributed by atoms with Gasteiger partial charge in [-0.1, -0.05) is 25.8 Å². The van der Waals surface area contributed by atoms with E-state index in [1.165, 1.54) is 6.07 Å². The van der Waals surface area contributed by atoms with E-state index in [1.807, 2.05) is 71.5 Å². The topological polar surface area (TPSA) is 33.8 Å². The first-order chi connectivity index (χ1) is 22.8. The van der Waals surface area contributed by atoms with E-state index in [-0.39, 0.29) is 16.7 Å². The summed E-state index contributed by atoms with van der Waals surface area (Å²) in [5.74, 6) is -2.96. The van der Waals surface area contributed by atoms with E-state index in [0.29, 0.717) is 28.1 Å². The third kappa shape index (κ3) is 2.66. The minimum atomic E-state index is -3.21. The lowest BCUT2D eigenvalue weighted by molar-refractivity contribution is -0.955. The van der Waals surface area contributed by atoms with E-state index in [0.717, 1.165) is 38.9 Å². The molecular weight excluding hydrogens is 478 g/mol. The zero-order valence-corrected chi connectivity index (χ0v) is 21.7. The van der Waals surface area contributed by atoms with Crippen LogP contribution in [0.5, 0.6) is 0 Å². The monoisotopic (exact) mass is 519 g/mol. The van der Waals surface area contributed by atoms with Gasteiger partial charge in [-0.3, -0.25) is 0 Å². The predicted octanol–water partition coefficient (Wildman–Crippen LogP) is 7.17. The molecule has 2 aliphatic heterocycles. The molecule has 4 nitrogen and oxygen atoms in total. The maximum Gasteiger partial charge on any atom is 0.417 e. The van der Waals surface area contributed by atoms with Crippen molar-refractivity contribution in [2.75, 3.05) is 0 Å². The Bertz CT molecular complexity index is 2410. The first kappa shape index (κ1) is 14.7. The van der Waals surface area contributed by atoms with Crippen molar-refractivity contribution in [2.24, 2.45) is 0 Å². The molecule has 190 valence electrons. The third-order valence-electron chi connectivity index (χ3n) is 8.34. The maximum absolute atomic E-state index is 9.15. The number of nitrogens with zero attached hydrogens (tertiary/aromatic N) is 3. The number of aryl methyl sites for hydroxylation is 4. The van der Waals surface area contributed by atoms with E-state index in [1.54, 1.807) is 25.4 Å². The van der Waals surface area contributed by atoms with Crippen LogP contribution in [0.4, 0.5) is 0 Å². The van der Waals surface area contributed by atoms with Crippen molar-refractivity contribution >= 4 is 22.1 Å². The van der Waals surface area contributed by atoms with Gasteiger partial charge in [0, 0.05) is 52.9 Å². The zero-order chi connectivity index (χ0) is 35.2. The summed E-state index contributed by atoms with van der Waals surface area (Å²) in [4.78, 5) is 4.62. The van der Waals surface area contributed by atoms with Gasteiger partial charge in [0.15, 0.2) is 18.0 Å². The molecule has 0 bridgehead atoms. The number of pyridine rings is 3. The fourth-order valence-corrected chi connectivity index (χ4v) is 6.84. The lowest BCUT2D eigenvalue weighted by Gasteiger charge is -2.19. The Morgan fingerprint density at radius 3 is 2.59 bits per heavy atom. The van der Waals surface area contributed by atoms with E-state index < -0.39 is 32.1 Å². The largest absolute Gasteiger partial charge is 0.437 e. The molecule has 4 aromatic heterocycles. The van der Waals surface area contributed by atoms with E-state index in [2.05, 4.69) is 4.98 Å². The predicted molar refractivity (Wildman–Crippen MR) is 154 cm³/mol. The van der Waals surface area contributed by atoms with Crippen LogP contribution in [-0.2, 0) is 5.66 Å². The molecule has 0 saturated carbocycles. The van der Waals surface area contributed by atoms with Crippen LogP contribution >= 0.6 is 0 Å². The van der Waals surface area contributed by atoms with Crippen molar-refractivity contribution in [1.29, 1.82) is 0 Å². The van der Waals surface area contributed by atoms with Crippen LogP contribution in [0.2, 0.25) is 0 Å². The molecule has 0 amide bonds. The molecule has 0 N–H and O–H groups in total. The zero-order valence-electron chi connectivity index (χ0n) is 31.7. The first-order valence-corrected chi connectivity index (χ1v) is 12.9. The quantitative estimate of drug-likeness (QED) is 0.215. The molecule has 0 saturated heterocycles. The smallest absolute Gasteiger partial charge is 0.417 e. The number of furan rings is 1. The number of rotatable bonds is 1. The van der Waals surface area contributed by atoms with Gasteiger partial charge in [0.1, 0.15) is 16.7 Å². The summed E-state index contributed by atoms with van der Waals surface area (Å²) in [6.45, 7) is -3.49. The number of benzene rings is 2. The fourth-order valence-electron chi connectivity index (χ4n) is 6.84. The summed E-state index contributed by atoms with van der Waals surface area (Å²) in [7, 11) is 0. The number of hydrogen-bond acceptors (Lipinski definition) is 2. The van der Waals surface area contributed by atoms with Crippen LogP contribution in [0.15, 0.2) is 77.5 Å². The Hall–Kier alpha value is -4.31. The SMILES string of the molecule is [2H]C([2H])([2H])c1cc(C)c2[n+](c1)C1(c3ccccc3-2)c2ccc3c(oc4nc(C)ccc43)c2-c2cc(C([2H])(C([2H])([2H])[2H])C([2H])([2H])[2H])c(C)c[n+]21. The lowest BCUT2D eigenvalue weighted by atomic mass is 9.89. The Balaban J connectivity index is 1.60. The molecule has 1 atom stereocenters. The molecule has 6 heterocycles. The second kappa shape index (κ2) is 7.41. The molecule has 8 rings (SSSR count). The highest BCUT2D eigenvalue weighted by Crippen LogP contribution is 2.51. The van der Waals surface area contributed by atoms with Gasteiger partial charge < -0.3 is 4.42 Å². The molecular formula is C35H31N3O+2. The van der Waals surface area contributed by atoms with Gasteiger partial charge in [0.2, 0.25) is 17.1 Å². The van der Waals surface area contributed by atoms with E-state index >= 15 is 0 Å². The van der Waals surface area contributed by atoms with Gasteiger partial charge in [-0.15, -0.1) is 9.13 Å². The number of fused-ring (bicyclic) bond motifs is 14. The molecule has 1 spiro atoms. The molecule has 0 radical (unpaired) electrons. The summed E-state index contributed by atoms with van der Waals surface area (Å²) >= 11 is 0. The Morgan fingerprint density at radius 1 is 0.897 bits per heavy atom. The summed E-state index contributed by atoms with van der Waals surface area (Å²) in [5.41, 5.74) is 5.64. The standard InChI is InChI=1S/C35H31N3O/c1-19(2)27-16-30-31-29(14-13-24-25-12-11-23(6)36-34(25)39-33(24)31)35(37(30)18-22(27)5)28-10-8-7-9-26(28)32-21(4)15-20(3)17-38(32)35/h7-19H,1-6H3/q+2/i1D3,2D3,3D3,19D. The number of hydrogen-bond donors (Lipinski definition) is 0. The van der Waals surface area contributed by atoms with E-state index in [9.17, 15) is 0 Å². The van der Waals surface area contributed by atoms with Gasteiger partial charge in [-0.05, 0) is 81.5 Å². The molecule has 1 unspecified atom stereocenters. The second-order valence-electron chi connectivity index (χ2n) is 10.6. The Kier molecular flexibility index (Phi) is 2.80. The summed E-state index contributed by atoms with van der Waals surface area (Å²) < 4.78 is 94.4. The van der Waals surface area contributed by atoms with Crippen molar-refractivity contribution in [2.45, 2.75) is 52.9 Å². The van der Waals surface area contributed by atoms with Crippen LogP contribution < -0.4 is 9.13 Å². The van der Waals surface area contributed by atoms with Gasteiger partial charge in [0.05, 0.1) is 5.56 Å². The van der Waals surface area contributed by atoms with Gasteiger partial charge in [-0.2, -0.15) is 0 Å². The van der Waals surface area contributed by atoms with Crippen molar-refractivity contribution in [3.05, 3.63) is 112 Å². The summed E-state index contributed by atoms with van der Waals surface area (Å²) in [5, 5.41) is 1.52. The summed E-state index contributed by atoms with van der Waals surface area (Å²) in [6, 6.07) is 18.7. The van der Waals surface area contributed by atoms with Crippen molar-refractivity contribution in [3.8, 4) is 22.5 Å². The molecule has 0 aliphatic carbocycles. The average Bonchev–Trinajstić information content (AvgIpc) is 3.61. The lowest BCUT2D eigenvalue weighted by Crippen LogP contribution is -2.71. The van der Waals surface area contributed by atoms with Crippen LogP contribution in [0.25, 0.3) is 44.6 Å². The molecule has 4 heteroatoms. The fraction of sp³-hybridized carbons (Fsp3) is 0.229. The van der Waals surface area contributed by atoms with E-state index in [4.69, 9.17) is 18.1 Å². The van der Waals surface area contributed by atoms with Crippen molar-refractivity contribution < 1.29 is 27.3 Å². The van der Waals surface area contributed by atoms with Crippen molar-refractivity contribution in [3.63, 3.8) is 0 Å². The average molecular weight is 520 g/mol. The van der Waals surface area contributed by atoms with Crippen LogP contribution in [-0.4, -0.2) is 4.98 Å². The first-order valence-electron chi connectivity index (χ1n) is 17.9. The third-order valence-corrected chi connectivity index (χ3v) is 8.34. The molecule has 39 heavy (non-hydrogen) atoms. The molecule has 6 aromatic rings. The normalized spacial score (nSPS) is 21.8.